The average molecular weight is 261 g/mol. The van der Waals surface area contributed by atoms with Crippen molar-refractivity contribution in [3.05, 3.63) is 29.8 Å². The van der Waals surface area contributed by atoms with Gasteiger partial charge in [-0.25, -0.2) is 0 Å². The lowest BCUT2D eigenvalue weighted by molar-refractivity contribution is -0.121. The van der Waals surface area contributed by atoms with Crippen LogP contribution in [-0.4, -0.2) is 30.3 Å². The van der Waals surface area contributed by atoms with Gasteiger partial charge in [0, 0.05) is 18.4 Å². The minimum absolute atomic E-state index is 0.0963. The first-order valence-electron chi connectivity index (χ1n) is 6.01. The number of aliphatic hydroxyl groups excluding tert-OH is 1. The molecule has 0 saturated carbocycles. The zero-order valence-corrected chi connectivity index (χ0v) is 11.5. The number of nitrogens with one attached hydrogen (secondary N) is 1. The third-order valence-corrected chi connectivity index (χ3v) is 2.62. The summed E-state index contributed by atoms with van der Waals surface area (Å²) in [7, 11) is 1.59. The molecule has 0 radical (unpaired) electrons. The highest BCUT2D eigenvalue weighted by atomic mass is 16.5. The highest BCUT2D eigenvalue weighted by Crippen LogP contribution is 2.15. The van der Waals surface area contributed by atoms with E-state index < -0.39 is 5.60 Å². The van der Waals surface area contributed by atoms with Crippen molar-refractivity contribution < 1.29 is 14.6 Å². The molecule has 0 aliphatic rings. The van der Waals surface area contributed by atoms with Crippen LogP contribution >= 0.6 is 0 Å². The predicted molar refractivity (Wildman–Crippen MR) is 74.7 cm³/mol. The Hall–Kier alpha value is -1.83. The molecule has 2 N–H and O–H groups in total. The van der Waals surface area contributed by atoms with Crippen LogP contribution in [0.2, 0.25) is 0 Å². The molecule has 1 aromatic carbocycles. The van der Waals surface area contributed by atoms with Crippen LogP contribution in [-0.2, 0) is 9.53 Å². The van der Waals surface area contributed by atoms with Crippen LogP contribution in [0.4, 0.5) is 5.69 Å². The van der Waals surface area contributed by atoms with Gasteiger partial charge in [0.05, 0.1) is 12.0 Å². The molecular weight excluding hydrogens is 242 g/mol. The number of carbonyl (C=O) groups is 1. The molecule has 0 aliphatic carbocycles. The van der Waals surface area contributed by atoms with Gasteiger partial charge >= 0.3 is 0 Å². The van der Waals surface area contributed by atoms with E-state index in [-0.39, 0.29) is 18.9 Å². The Labute approximate surface area is 113 Å². The monoisotopic (exact) mass is 261 g/mol. The number of benzene rings is 1. The van der Waals surface area contributed by atoms with Gasteiger partial charge in [-0.1, -0.05) is 11.8 Å². The largest absolute Gasteiger partial charge is 0.384 e. The summed E-state index contributed by atoms with van der Waals surface area (Å²) in [6.45, 7) is 3.56. The second-order valence-corrected chi connectivity index (χ2v) is 4.73. The van der Waals surface area contributed by atoms with Crippen molar-refractivity contribution in [3.63, 3.8) is 0 Å². The molecule has 0 aromatic heterocycles. The quantitative estimate of drug-likeness (QED) is 0.812. The first kappa shape index (κ1) is 15.2. The van der Waals surface area contributed by atoms with Gasteiger partial charge in [0.25, 0.3) is 0 Å². The van der Waals surface area contributed by atoms with E-state index in [1.54, 1.807) is 31.4 Å². The third kappa shape index (κ3) is 5.56. The van der Waals surface area contributed by atoms with Crippen molar-refractivity contribution in [1.82, 2.24) is 0 Å². The maximum Gasteiger partial charge on any atom is 0.227 e. The lowest BCUT2D eigenvalue weighted by Gasteiger charge is -2.21. The fraction of sp³-hybridized carbons (Fsp3) is 0.400. The van der Waals surface area contributed by atoms with E-state index in [1.807, 2.05) is 13.8 Å². The summed E-state index contributed by atoms with van der Waals surface area (Å²) in [5.74, 6) is 5.26. The van der Waals surface area contributed by atoms with Gasteiger partial charge in [0.1, 0.15) is 6.61 Å². The Bertz CT molecular complexity index is 480. The maximum atomic E-state index is 11.8. The minimum atomic E-state index is -0.476. The van der Waals surface area contributed by atoms with E-state index in [9.17, 15) is 4.79 Å². The fourth-order valence-electron chi connectivity index (χ4n) is 1.44. The second kappa shape index (κ2) is 6.93. The van der Waals surface area contributed by atoms with Gasteiger partial charge in [0.2, 0.25) is 5.91 Å². The topological polar surface area (TPSA) is 58.6 Å². The SMILES string of the molecule is COC(C)(C)CC(=O)Nc1ccc(C#CCO)cc1. The van der Waals surface area contributed by atoms with Crippen LogP contribution in [0.3, 0.4) is 0 Å². The molecule has 4 nitrogen and oxygen atoms in total. The normalized spacial score (nSPS) is 10.5. The van der Waals surface area contributed by atoms with Crippen molar-refractivity contribution in [2.24, 2.45) is 0 Å². The summed E-state index contributed by atoms with van der Waals surface area (Å²) in [4.78, 5) is 11.8. The summed E-state index contributed by atoms with van der Waals surface area (Å²) < 4.78 is 5.21. The number of hydrogen-bond donors (Lipinski definition) is 2. The number of carbonyl (C=O) groups excluding carboxylic acids is 1. The Morgan fingerprint density at radius 2 is 2.00 bits per heavy atom. The molecular formula is C15H19NO3. The van der Waals surface area contributed by atoms with Gasteiger partial charge in [-0.05, 0) is 38.1 Å². The molecule has 0 atom stereocenters. The van der Waals surface area contributed by atoms with E-state index in [4.69, 9.17) is 9.84 Å². The molecule has 0 heterocycles. The molecule has 0 bridgehead atoms. The highest BCUT2D eigenvalue weighted by Gasteiger charge is 2.20. The number of hydrogen-bond acceptors (Lipinski definition) is 3. The van der Waals surface area contributed by atoms with Gasteiger partial charge in [-0.15, -0.1) is 0 Å². The van der Waals surface area contributed by atoms with Crippen LogP contribution in [0.25, 0.3) is 0 Å². The summed E-state index contributed by atoms with van der Waals surface area (Å²) in [5, 5.41) is 11.4. The highest BCUT2D eigenvalue weighted by molar-refractivity contribution is 5.91. The predicted octanol–water partition coefficient (Wildman–Crippen LogP) is 1.78. The molecule has 0 aliphatic heterocycles. The van der Waals surface area contributed by atoms with Crippen molar-refractivity contribution in [1.29, 1.82) is 0 Å². The molecule has 1 aromatic rings. The molecule has 0 spiro atoms. The average Bonchev–Trinajstić information content (AvgIpc) is 2.37. The molecule has 0 unspecified atom stereocenters. The standard InChI is InChI=1S/C15H19NO3/c1-15(2,19-3)11-14(18)16-13-8-6-12(7-9-13)5-4-10-17/h6-9,17H,10-11H2,1-3H3,(H,16,18). The third-order valence-electron chi connectivity index (χ3n) is 2.62. The van der Waals surface area contributed by atoms with Gasteiger partial charge in [-0.3, -0.25) is 4.79 Å². The molecule has 4 heteroatoms. The van der Waals surface area contributed by atoms with Crippen LogP contribution in [0, 0.1) is 11.8 Å². The lowest BCUT2D eigenvalue weighted by atomic mass is 10.0. The molecule has 102 valence electrons. The zero-order valence-electron chi connectivity index (χ0n) is 11.5. The number of ether oxygens (including phenoxy) is 1. The van der Waals surface area contributed by atoms with E-state index in [0.29, 0.717) is 5.69 Å². The summed E-state index contributed by atoms with van der Waals surface area (Å²) in [6.07, 6.45) is 0.287. The molecule has 19 heavy (non-hydrogen) atoms. The second-order valence-electron chi connectivity index (χ2n) is 4.73. The summed E-state index contributed by atoms with van der Waals surface area (Å²) in [6, 6.07) is 7.14. The number of methoxy groups -OCH3 is 1. The van der Waals surface area contributed by atoms with Crippen molar-refractivity contribution in [2.75, 3.05) is 19.0 Å². The Morgan fingerprint density at radius 1 is 1.37 bits per heavy atom. The first-order chi connectivity index (χ1) is 8.96. The smallest absolute Gasteiger partial charge is 0.227 e. The molecule has 0 saturated heterocycles. The van der Waals surface area contributed by atoms with Crippen LogP contribution in [0.1, 0.15) is 25.8 Å². The van der Waals surface area contributed by atoms with E-state index in [0.717, 1.165) is 5.56 Å². The van der Waals surface area contributed by atoms with Crippen molar-refractivity contribution in [3.8, 4) is 11.8 Å². The molecule has 1 rings (SSSR count). The Morgan fingerprint density at radius 3 is 2.53 bits per heavy atom. The van der Waals surface area contributed by atoms with E-state index in [1.165, 1.54) is 0 Å². The zero-order chi connectivity index (χ0) is 14.3. The summed E-state index contributed by atoms with van der Waals surface area (Å²) in [5.41, 5.74) is 1.03. The van der Waals surface area contributed by atoms with Crippen LogP contribution in [0.5, 0.6) is 0 Å². The Kier molecular flexibility index (Phi) is 5.56. The van der Waals surface area contributed by atoms with E-state index >= 15 is 0 Å². The molecule has 1 amide bonds. The van der Waals surface area contributed by atoms with Crippen LogP contribution in [0.15, 0.2) is 24.3 Å². The maximum absolute atomic E-state index is 11.8. The number of aliphatic hydroxyl groups is 1. The number of anilines is 1. The lowest BCUT2D eigenvalue weighted by Crippen LogP contribution is -2.29. The van der Waals surface area contributed by atoms with Crippen molar-refractivity contribution >= 4 is 11.6 Å². The van der Waals surface area contributed by atoms with Crippen molar-refractivity contribution in [2.45, 2.75) is 25.9 Å². The Balaban J connectivity index is 2.61. The van der Waals surface area contributed by atoms with Gasteiger partial charge in [-0.2, -0.15) is 0 Å². The fourth-order valence-corrected chi connectivity index (χ4v) is 1.44. The summed E-state index contributed by atoms with van der Waals surface area (Å²) >= 11 is 0. The molecule has 0 fully saturated rings. The minimum Gasteiger partial charge on any atom is -0.384 e. The van der Waals surface area contributed by atoms with Gasteiger partial charge in [0.15, 0.2) is 0 Å². The van der Waals surface area contributed by atoms with E-state index in [2.05, 4.69) is 17.2 Å². The van der Waals surface area contributed by atoms with Gasteiger partial charge < -0.3 is 15.2 Å². The number of amides is 1. The first-order valence-corrected chi connectivity index (χ1v) is 6.01. The van der Waals surface area contributed by atoms with Crippen LogP contribution < -0.4 is 5.32 Å². The number of rotatable bonds is 4.